The maximum Gasteiger partial charge on any atom is 0.248 e. The zero-order chi connectivity index (χ0) is 31.3. The van der Waals surface area contributed by atoms with Gasteiger partial charge in [-0.2, -0.15) is 5.10 Å². The van der Waals surface area contributed by atoms with Crippen LogP contribution >= 0.6 is 11.8 Å². The van der Waals surface area contributed by atoms with E-state index in [9.17, 15) is 37.3 Å². The van der Waals surface area contributed by atoms with Crippen molar-refractivity contribution in [3.63, 3.8) is 0 Å². The van der Waals surface area contributed by atoms with Gasteiger partial charge in [-0.05, 0) is 37.5 Å². The van der Waals surface area contributed by atoms with E-state index in [2.05, 4.69) is 15.4 Å². The Bertz CT molecular complexity index is 1400. The normalized spacial score (nSPS) is 27.7. The monoisotopic (exact) mass is 633 g/mol. The first-order valence-electron chi connectivity index (χ1n) is 13.6. The molecule has 0 amide bonds. The van der Waals surface area contributed by atoms with Crippen LogP contribution in [-0.2, 0) is 16.5 Å². The summed E-state index contributed by atoms with van der Waals surface area (Å²) in [6.45, 7) is 1.17. The molecule has 1 aliphatic carbocycles. The average Bonchev–Trinajstić information content (AvgIpc) is 3.58. The number of aromatic nitrogens is 5. The minimum Gasteiger partial charge on any atom is -0.394 e. The van der Waals surface area contributed by atoms with Crippen molar-refractivity contribution < 1.29 is 46.7 Å². The summed E-state index contributed by atoms with van der Waals surface area (Å²) in [5.41, 5.74) is -1.41. The van der Waals surface area contributed by atoms with Gasteiger partial charge in [0.05, 0.1) is 35.5 Å². The van der Waals surface area contributed by atoms with Gasteiger partial charge in [-0.1, -0.05) is 5.21 Å². The number of rotatable bonds is 8. The Morgan fingerprint density at radius 3 is 2.37 bits per heavy atom. The van der Waals surface area contributed by atoms with Crippen LogP contribution < -0.4 is 0 Å². The van der Waals surface area contributed by atoms with E-state index in [1.54, 1.807) is 24.9 Å². The van der Waals surface area contributed by atoms with Crippen molar-refractivity contribution in [2.24, 2.45) is 7.05 Å². The first kappa shape index (κ1) is 31.8. The zero-order valence-electron chi connectivity index (χ0n) is 23.5. The second-order valence-electron chi connectivity index (χ2n) is 11.1. The third kappa shape index (κ3) is 6.04. The minimum absolute atomic E-state index is 0.0306. The number of benzene rings is 1. The number of alkyl halides is 2. The van der Waals surface area contributed by atoms with Crippen molar-refractivity contribution in [1.82, 2.24) is 24.8 Å². The molecule has 43 heavy (non-hydrogen) atoms. The Balaban J connectivity index is 1.51. The van der Waals surface area contributed by atoms with Gasteiger partial charge in [-0.15, -0.1) is 16.9 Å². The summed E-state index contributed by atoms with van der Waals surface area (Å²) < 4.78 is 84.2. The van der Waals surface area contributed by atoms with Crippen LogP contribution in [0, 0.1) is 24.4 Å². The number of aliphatic hydroxyl groups is 3. The molecule has 3 aromatic rings. The number of halogens is 5. The summed E-state index contributed by atoms with van der Waals surface area (Å²) in [6, 6.07) is 0.444. The van der Waals surface area contributed by atoms with E-state index < -0.39 is 83.5 Å². The van der Waals surface area contributed by atoms with Crippen molar-refractivity contribution in [2.45, 2.75) is 79.2 Å². The van der Waals surface area contributed by atoms with Crippen LogP contribution in [0.5, 0.6) is 0 Å². The lowest BCUT2D eigenvalue weighted by molar-refractivity contribution is -0.186. The highest BCUT2D eigenvalue weighted by atomic mass is 32.2. The summed E-state index contributed by atoms with van der Waals surface area (Å²) in [4.78, 5) is 0. The molecular formula is C27H32F5N5O5S. The van der Waals surface area contributed by atoms with Crippen molar-refractivity contribution in [3.05, 3.63) is 53.2 Å². The average molecular weight is 634 g/mol. The van der Waals surface area contributed by atoms with Crippen molar-refractivity contribution >= 4 is 11.8 Å². The summed E-state index contributed by atoms with van der Waals surface area (Å²) in [5, 5.41) is 44.5. The molecule has 2 aliphatic rings. The molecule has 1 aromatic carbocycles. The molecule has 0 bridgehead atoms. The van der Waals surface area contributed by atoms with Crippen molar-refractivity contribution in [3.8, 4) is 11.3 Å². The molecule has 3 N–H and O–H groups in total. The van der Waals surface area contributed by atoms with Gasteiger partial charge >= 0.3 is 0 Å². The standard InChI is InChI=1S/C27H32F5N5O5S/c1-13-10-33-36(2)20(13)24(26(40)4-6-27(31,32)7-5-26)43-25-23(41-3)21(22(39)18(12-38)42-25)37-11-17(34-35-37)14-8-15(28)19(30)16(29)9-14/h8-11,18,21-25,38-40H,4-7,12H2,1-3H3/t18-,21+,22+,23-,24+,25+/m1/s1. The number of ether oxygens (including phenoxy) is 2. The molecule has 236 valence electrons. The summed E-state index contributed by atoms with van der Waals surface area (Å²) in [7, 11) is 3.02. The molecule has 0 radical (unpaired) electrons. The molecule has 5 rings (SSSR count). The fourth-order valence-electron chi connectivity index (χ4n) is 5.81. The summed E-state index contributed by atoms with van der Waals surface area (Å²) >= 11 is 1.09. The van der Waals surface area contributed by atoms with Crippen LogP contribution in [0.15, 0.2) is 24.5 Å². The summed E-state index contributed by atoms with van der Waals surface area (Å²) in [5.74, 6) is -7.38. The number of aliphatic hydroxyl groups excluding tert-OH is 2. The maximum atomic E-state index is 14.1. The highest BCUT2D eigenvalue weighted by Gasteiger charge is 2.53. The quantitative estimate of drug-likeness (QED) is 0.253. The van der Waals surface area contributed by atoms with E-state index in [0.717, 1.165) is 23.9 Å². The molecule has 16 heteroatoms. The smallest absolute Gasteiger partial charge is 0.248 e. The Hall–Kier alpha value is -2.63. The number of nitrogens with zero attached hydrogens (tertiary/aromatic N) is 5. The first-order chi connectivity index (χ1) is 20.3. The minimum atomic E-state index is -2.91. The van der Waals surface area contributed by atoms with Crippen LogP contribution in [0.2, 0.25) is 0 Å². The molecule has 2 aromatic heterocycles. The van der Waals surface area contributed by atoms with Gasteiger partial charge in [0.15, 0.2) is 17.5 Å². The molecule has 0 spiro atoms. The van der Waals surface area contributed by atoms with E-state index in [-0.39, 0.29) is 24.1 Å². The largest absolute Gasteiger partial charge is 0.394 e. The van der Waals surface area contributed by atoms with E-state index in [1.807, 2.05) is 0 Å². The van der Waals surface area contributed by atoms with Gasteiger partial charge in [0.25, 0.3) is 0 Å². The van der Waals surface area contributed by atoms with Gasteiger partial charge in [-0.3, -0.25) is 4.68 Å². The van der Waals surface area contributed by atoms with E-state index in [1.165, 1.54) is 18.0 Å². The van der Waals surface area contributed by atoms with E-state index in [0.29, 0.717) is 11.3 Å². The third-order valence-corrected chi connectivity index (χ3v) is 9.81. The van der Waals surface area contributed by atoms with Crippen molar-refractivity contribution in [2.75, 3.05) is 13.7 Å². The van der Waals surface area contributed by atoms with Crippen molar-refractivity contribution in [1.29, 1.82) is 0 Å². The molecule has 1 saturated heterocycles. The Morgan fingerprint density at radius 1 is 1.16 bits per heavy atom. The van der Waals surface area contributed by atoms with Gasteiger partial charge in [0, 0.05) is 32.6 Å². The second-order valence-corrected chi connectivity index (χ2v) is 12.3. The van der Waals surface area contributed by atoms with Gasteiger partial charge in [0.1, 0.15) is 35.5 Å². The van der Waals surface area contributed by atoms with Crippen LogP contribution in [0.25, 0.3) is 11.3 Å². The van der Waals surface area contributed by atoms with Gasteiger partial charge < -0.3 is 24.8 Å². The lowest BCUT2D eigenvalue weighted by Gasteiger charge is -2.47. The molecule has 6 atom stereocenters. The lowest BCUT2D eigenvalue weighted by Crippen LogP contribution is -2.56. The van der Waals surface area contributed by atoms with Crippen LogP contribution in [0.3, 0.4) is 0 Å². The zero-order valence-corrected chi connectivity index (χ0v) is 24.3. The number of aryl methyl sites for hydroxylation is 2. The molecule has 0 unspecified atom stereocenters. The van der Waals surface area contributed by atoms with Gasteiger partial charge in [-0.25, -0.2) is 26.6 Å². The predicted molar refractivity (Wildman–Crippen MR) is 144 cm³/mol. The molecular weight excluding hydrogens is 601 g/mol. The number of thioether (sulfide) groups is 1. The highest BCUT2D eigenvalue weighted by Crippen LogP contribution is 2.53. The fourth-order valence-corrected chi connectivity index (χ4v) is 7.66. The fraction of sp³-hybridized carbons (Fsp3) is 0.593. The molecule has 1 saturated carbocycles. The molecule has 2 fully saturated rings. The van der Waals surface area contributed by atoms with E-state index in [4.69, 9.17) is 9.47 Å². The number of hydrogen-bond donors (Lipinski definition) is 3. The van der Waals surface area contributed by atoms with Crippen LogP contribution in [0.1, 0.15) is 48.2 Å². The molecule has 10 nitrogen and oxygen atoms in total. The Labute approximate surface area is 247 Å². The highest BCUT2D eigenvalue weighted by molar-refractivity contribution is 8.00. The van der Waals surface area contributed by atoms with E-state index >= 15 is 0 Å². The second kappa shape index (κ2) is 12.0. The Morgan fingerprint density at radius 2 is 1.81 bits per heavy atom. The van der Waals surface area contributed by atoms with Gasteiger partial charge in [0.2, 0.25) is 5.92 Å². The van der Waals surface area contributed by atoms with Crippen LogP contribution in [-0.4, -0.2) is 89.1 Å². The SMILES string of the molecule is CO[C@@H]1[C@@H](n2cc(-c3cc(F)c(F)c(F)c3)nn2)[C@@H](O)[C@@H](CO)O[C@H]1S[C@@H](c1c(C)cnn1C)C1(O)CCC(F)(F)CC1. The molecule has 1 aliphatic heterocycles. The third-order valence-electron chi connectivity index (χ3n) is 8.22. The first-order valence-corrected chi connectivity index (χ1v) is 14.5. The lowest BCUT2D eigenvalue weighted by atomic mass is 9.79. The summed E-state index contributed by atoms with van der Waals surface area (Å²) in [6.07, 6.45) is -2.11. The maximum absolute atomic E-state index is 14.1. The predicted octanol–water partition coefficient (Wildman–Crippen LogP) is 3.45. The number of methoxy groups -OCH3 is 1. The Kier molecular flexibility index (Phi) is 8.90. The molecule has 3 heterocycles. The topological polar surface area (TPSA) is 128 Å². The number of hydrogen-bond acceptors (Lipinski definition) is 9. The van der Waals surface area contributed by atoms with Crippen LogP contribution in [0.4, 0.5) is 22.0 Å².